The summed E-state index contributed by atoms with van der Waals surface area (Å²) in [6.45, 7) is 2.81. The maximum absolute atomic E-state index is 12.0. The third kappa shape index (κ3) is 4.57. The summed E-state index contributed by atoms with van der Waals surface area (Å²) in [7, 11) is 1.57. The van der Waals surface area contributed by atoms with Crippen molar-refractivity contribution in [1.82, 2.24) is 5.32 Å². The first kappa shape index (κ1) is 16.0. The van der Waals surface area contributed by atoms with E-state index in [1.54, 1.807) is 32.2 Å². The highest BCUT2D eigenvalue weighted by molar-refractivity contribution is 6.31. The van der Waals surface area contributed by atoms with Crippen LogP contribution in [-0.4, -0.2) is 26.2 Å². The van der Waals surface area contributed by atoms with Gasteiger partial charge in [0.1, 0.15) is 11.6 Å². The molecule has 0 aliphatic heterocycles. The summed E-state index contributed by atoms with van der Waals surface area (Å²) in [6.07, 6.45) is 1.37. The topological polar surface area (TPSA) is 74.1 Å². The Morgan fingerprint density at radius 3 is 2.95 bits per heavy atom. The number of nitrogens with zero attached hydrogens (tertiary/aromatic N) is 1. The van der Waals surface area contributed by atoms with Crippen LogP contribution >= 0.6 is 11.6 Å². The molecule has 5 nitrogen and oxygen atoms in total. The zero-order valence-electron chi connectivity index (χ0n) is 11.4. The van der Waals surface area contributed by atoms with Crippen molar-refractivity contribution in [3.8, 4) is 6.07 Å². The van der Waals surface area contributed by atoms with E-state index in [0.717, 1.165) is 5.56 Å². The van der Waals surface area contributed by atoms with Crippen molar-refractivity contribution >= 4 is 23.2 Å². The Morgan fingerprint density at radius 1 is 1.55 bits per heavy atom. The predicted molar refractivity (Wildman–Crippen MR) is 78.4 cm³/mol. The molecule has 0 fully saturated rings. The highest BCUT2D eigenvalue weighted by Gasteiger charge is 2.11. The number of anilines is 1. The van der Waals surface area contributed by atoms with Crippen LogP contribution in [0.2, 0.25) is 5.02 Å². The molecule has 0 saturated carbocycles. The van der Waals surface area contributed by atoms with Gasteiger partial charge in [-0.3, -0.25) is 4.79 Å². The Labute approximate surface area is 123 Å². The lowest BCUT2D eigenvalue weighted by Gasteiger charge is -2.09. The van der Waals surface area contributed by atoms with E-state index in [9.17, 15) is 4.79 Å². The van der Waals surface area contributed by atoms with Gasteiger partial charge in [-0.05, 0) is 24.6 Å². The minimum atomic E-state index is -0.484. The number of carbonyl (C=O) groups excluding carboxylic acids is 1. The quantitative estimate of drug-likeness (QED) is 0.479. The van der Waals surface area contributed by atoms with Gasteiger partial charge in [0.15, 0.2) is 0 Å². The summed E-state index contributed by atoms with van der Waals surface area (Å²) in [4.78, 5) is 12.0. The molecule has 6 heteroatoms. The molecule has 106 valence electrons. The third-order valence-electron chi connectivity index (χ3n) is 2.58. The van der Waals surface area contributed by atoms with Crippen LogP contribution < -0.4 is 10.6 Å². The van der Waals surface area contributed by atoms with Crippen LogP contribution in [0.1, 0.15) is 5.56 Å². The Kier molecular flexibility index (Phi) is 6.57. The van der Waals surface area contributed by atoms with E-state index >= 15 is 0 Å². The fraction of sp³-hybridized carbons (Fsp3) is 0.286. The molecule has 0 radical (unpaired) electrons. The second-order valence-corrected chi connectivity index (χ2v) is 4.39. The van der Waals surface area contributed by atoms with Gasteiger partial charge >= 0.3 is 0 Å². The zero-order chi connectivity index (χ0) is 15.0. The van der Waals surface area contributed by atoms with Crippen LogP contribution in [-0.2, 0) is 9.53 Å². The van der Waals surface area contributed by atoms with Crippen molar-refractivity contribution in [2.45, 2.75) is 6.92 Å². The Bertz CT molecular complexity index is 550. The first-order valence-electron chi connectivity index (χ1n) is 5.99. The van der Waals surface area contributed by atoms with Crippen molar-refractivity contribution in [2.24, 2.45) is 0 Å². The van der Waals surface area contributed by atoms with Crippen molar-refractivity contribution in [2.75, 3.05) is 25.6 Å². The highest BCUT2D eigenvalue weighted by atomic mass is 35.5. The summed E-state index contributed by atoms with van der Waals surface area (Å²) < 4.78 is 4.85. The lowest BCUT2D eigenvalue weighted by Crippen LogP contribution is -2.19. The number of rotatable bonds is 6. The van der Waals surface area contributed by atoms with E-state index in [2.05, 4.69) is 10.6 Å². The molecule has 1 aromatic carbocycles. The number of hydrogen-bond acceptors (Lipinski definition) is 4. The molecule has 0 spiro atoms. The van der Waals surface area contributed by atoms with E-state index in [4.69, 9.17) is 21.6 Å². The van der Waals surface area contributed by atoms with Gasteiger partial charge in [0.2, 0.25) is 0 Å². The first-order chi connectivity index (χ1) is 9.60. The van der Waals surface area contributed by atoms with E-state index in [-0.39, 0.29) is 5.57 Å². The summed E-state index contributed by atoms with van der Waals surface area (Å²) in [6, 6.07) is 7.04. The number of amides is 1. The van der Waals surface area contributed by atoms with Gasteiger partial charge < -0.3 is 15.4 Å². The molecule has 1 amide bonds. The van der Waals surface area contributed by atoms with Crippen LogP contribution in [0.5, 0.6) is 0 Å². The van der Waals surface area contributed by atoms with Crippen LogP contribution in [0.25, 0.3) is 0 Å². The van der Waals surface area contributed by atoms with Crippen LogP contribution in [0.3, 0.4) is 0 Å². The number of carbonyl (C=O) groups is 1. The van der Waals surface area contributed by atoms with Crippen molar-refractivity contribution in [3.63, 3.8) is 0 Å². The number of ether oxygens (including phenoxy) is 1. The molecule has 0 heterocycles. The standard InChI is InChI=1S/C14H16ClN3O2/c1-10-12(15)4-3-5-13(10)18-14(19)11(8-16)9-17-6-7-20-2/h3-5,9,17H,6-7H2,1-2H3,(H,18,19)/b11-9-. The van der Waals surface area contributed by atoms with Crippen molar-refractivity contribution < 1.29 is 9.53 Å². The molecule has 0 aromatic heterocycles. The fourth-order valence-corrected chi connectivity index (χ4v) is 1.59. The van der Waals surface area contributed by atoms with E-state index < -0.39 is 5.91 Å². The highest BCUT2D eigenvalue weighted by Crippen LogP contribution is 2.23. The Hall–Kier alpha value is -2.03. The summed E-state index contributed by atoms with van der Waals surface area (Å²) in [5.74, 6) is -0.484. The molecular formula is C14H16ClN3O2. The smallest absolute Gasteiger partial charge is 0.267 e. The molecule has 0 atom stereocenters. The largest absolute Gasteiger partial charge is 0.387 e. The summed E-state index contributed by atoms with van der Waals surface area (Å²) in [5.41, 5.74) is 1.33. The molecule has 20 heavy (non-hydrogen) atoms. The molecule has 2 N–H and O–H groups in total. The van der Waals surface area contributed by atoms with E-state index in [1.807, 2.05) is 6.07 Å². The second kappa shape index (κ2) is 8.20. The number of nitriles is 1. The molecule has 0 saturated heterocycles. The second-order valence-electron chi connectivity index (χ2n) is 3.98. The number of benzene rings is 1. The minimum absolute atomic E-state index is 0.0134. The summed E-state index contributed by atoms with van der Waals surface area (Å²) in [5, 5.41) is 15.0. The van der Waals surface area contributed by atoms with Gasteiger partial charge in [0.25, 0.3) is 5.91 Å². The third-order valence-corrected chi connectivity index (χ3v) is 2.99. The molecular weight excluding hydrogens is 278 g/mol. The van der Waals surface area contributed by atoms with Crippen molar-refractivity contribution in [3.05, 3.63) is 40.6 Å². The zero-order valence-corrected chi connectivity index (χ0v) is 12.1. The van der Waals surface area contributed by atoms with Gasteiger partial charge in [0, 0.05) is 30.6 Å². The van der Waals surface area contributed by atoms with Crippen LogP contribution in [0, 0.1) is 18.3 Å². The average Bonchev–Trinajstić information content (AvgIpc) is 2.44. The molecule has 0 aliphatic carbocycles. The van der Waals surface area contributed by atoms with E-state index in [0.29, 0.717) is 23.9 Å². The molecule has 1 aromatic rings. The van der Waals surface area contributed by atoms with Gasteiger partial charge in [0.05, 0.1) is 6.61 Å². The maximum atomic E-state index is 12.0. The predicted octanol–water partition coefficient (Wildman–Crippen LogP) is 2.23. The van der Waals surface area contributed by atoms with Gasteiger partial charge in [-0.15, -0.1) is 0 Å². The molecule has 1 rings (SSSR count). The maximum Gasteiger partial charge on any atom is 0.267 e. The number of nitrogens with one attached hydrogen (secondary N) is 2. The SMILES string of the molecule is COCCN/C=C(/C#N)C(=O)Nc1cccc(Cl)c1C. The van der Waals surface area contributed by atoms with E-state index in [1.165, 1.54) is 6.20 Å². The van der Waals surface area contributed by atoms with Gasteiger partial charge in [-0.1, -0.05) is 17.7 Å². The van der Waals surface area contributed by atoms with Gasteiger partial charge in [-0.2, -0.15) is 5.26 Å². The van der Waals surface area contributed by atoms with Crippen LogP contribution in [0.15, 0.2) is 30.0 Å². The number of halogens is 1. The number of hydrogen-bond donors (Lipinski definition) is 2. The minimum Gasteiger partial charge on any atom is -0.387 e. The number of methoxy groups -OCH3 is 1. The molecule has 0 aliphatic rings. The Balaban J connectivity index is 2.73. The monoisotopic (exact) mass is 293 g/mol. The average molecular weight is 294 g/mol. The lowest BCUT2D eigenvalue weighted by molar-refractivity contribution is -0.112. The van der Waals surface area contributed by atoms with Crippen molar-refractivity contribution in [1.29, 1.82) is 5.26 Å². The molecule has 0 unspecified atom stereocenters. The summed E-state index contributed by atoms with van der Waals surface area (Å²) >= 11 is 5.97. The molecule has 0 bridgehead atoms. The Morgan fingerprint density at radius 2 is 2.30 bits per heavy atom. The van der Waals surface area contributed by atoms with Gasteiger partial charge in [-0.25, -0.2) is 0 Å². The fourth-order valence-electron chi connectivity index (χ4n) is 1.42. The van der Waals surface area contributed by atoms with Crippen LogP contribution in [0.4, 0.5) is 5.69 Å². The normalized spacial score (nSPS) is 10.8. The lowest BCUT2D eigenvalue weighted by atomic mass is 10.2. The first-order valence-corrected chi connectivity index (χ1v) is 6.37.